The summed E-state index contributed by atoms with van der Waals surface area (Å²) < 4.78 is 0. The van der Waals surface area contributed by atoms with E-state index in [0.717, 1.165) is 9.79 Å². The van der Waals surface area contributed by atoms with Crippen LogP contribution in [-0.4, -0.2) is 15.6 Å². The predicted octanol–water partition coefficient (Wildman–Crippen LogP) is 11.4. The van der Waals surface area contributed by atoms with Crippen LogP contribution in [0.4, 0.5) is 0 Å². The fourth-order valence-electron chi connectivity index (χ4n) is 4.38. The molecule has 1 N–H and O–H groups in total. The van der Waals surface area contributed by atoms with Crippen molar-refractivity contribution in [3.63, 3.8) is 0 Å². The number of rotatable bonds is 22. The van der Waals surface area contributed by atoms with Crippen molar-refractivity contribution >= 4 is 23.5 Å². The number of phenolic OH excluding ortho intramolecular Hbond substituents is 1. The smallest absolute Gasteiger partial charge is 0.142 e. The molecule has 0 aliphatic rings. The Morgan fingerprint density at radius 3 is 1.27 bits per heavy atom. The number of phenols is 1. The van der Waals surface area contributed by atoms with Crippen LogP contribution >= 0.6 is 23.5 Å². The minimum absolute atomic E-state index is 0.512. The van der Waals surface area contributed by atoms with Crippen molar-refractivity contribution < 1.29 is 5.11 Å². The highest BCUT2D eigenvalue weighted by molar-refractivity contribution is 8.00. The van der Waals surface area contributed by atoms with Gasteiger partial charge in [0.1, 0.15) is 5.75 Å². The van der Waals surface area contributed by atoms with E-state index in [2.05, 4.69) is 45.9 Å². The molecule has 1 rings (SSSR count). The molecule has 0 amide bonds. The Kier molecular flexibility index (Phi) is 19.6. The Bertz CT molecular complexity index is 528. The molecule has 0 saturated carbocycles. The third-order valence-electron chi connectivity index (χ3n) is 6.55. The topological polar surface area (TPSA) is 20.2 Å². The van der Waals surface area contributed by atoms with Gasteiger partial charge in [-0.1, -0.05) is 136 Å². The van der Waals surface area contributed by atoms with Crippen LogP contribution in [0.5, 0.6) is 5.75 Å². The van der Waals surface area contributed by atoms with Crippen molar-refractivity contribution in [1.29, 1.82) is 0 Å². The average molecular weight is 495 g/mol. The maximum Gasteiger partial charge on any atom is 0.142 e. The minimum Gasteiger partial charge on any atom is -0.506 e. The maximum atomic E-state index is 10.9. The fraction of sp³-hybridized carbons (Fsp3) is 0.800. The van der Waals surface area contributed by atoms with E-state index in [0.29, 0.717) is 16.2 Å². The Morgan fingerprint density at radius 2 is 0.909 bits per heavy atom. The van der Waals surface area contributed by atoms with E-state index in [-0.39, 0.29) is 0 Å². The van der Waals surface area contributed by atoms with Gasteiger partial charge in [-0.2, -0.15) is 0 Å². The van der Waals surface area contributed by atoms with Gasteiger partial charge in [-0.05, 0) is 25.0 Å². The summed E-state index contributed by atoms with van der Waals surface area (Å²) in [5.74, 6) is 0.512. The first-order valence-electron chi connectivity index (χ1n) is 14.2. The molecule has 0 fully saturated rings. The van der Waals surface area contributed by atoms with Crippen molar-refractivity contribution in [3.8, 4) is 5.75 Å². The van der Waals surface area contributed by atoms with Crippen molar-refractivity contribution in [2.75, 3.05) is 0 Å². The van der Waals surface area contributed by atoms with Crippen LogP contribution in [0.25, 0.3) is 0 Å². The summed E-state index contributed by atoms with van der Waals surface area (Å²) in [5.41, 5.74) is 0. The molecule has 1 nitrogen and oxygen atoms in total. The van der Waals surface area contributed by atoms with Crippen LogP contribution in [0.15, 0.2) is 28.0 Å². The largest absolute Gasteiger partial charge is 0.506 e. The molecule has 2 unspecified atom stereocenters. The summed E-state index contributed by atoms with van der Waals surface area (Å²) in [7, 11) is 0. The lowest BCUT2D eigenvalue weighted by molar-refractivity contribution is 0.448. The third-order valence-corrected chi connectivity index (χ3v) is 8.99. The SMILES string of the molecule is CCCCCCCCCCC(C)Sc1cccc(SC(C)CCCCCCCCCC)c1O. The molecule has 2 atom stereocenters. The summed E-state index contributed by atoms with van der Waals surface area (Å²) in [6.45, 7) is 9.19. The van der Waals surface area contributed by atoms with Crippen LogP contribution in [0, 0.1) is 0 Å². The van der Waals surface area contributed by atoms with Crippen LogP contribution in [0.3, 0.4) is 0 Å². The van der Waals surface area contributed by atoms with Crippen molar-refractivity contribution in [2.24, 2.45) is 0 Å². The lowest BCUT2D eigenvalue weighted by atomic mass is 10.1. The number of hydrogen-bond acceptors (Lipinski definition) is 3. The van der Waals surface area contributed by atoms with Crippen LogP contribution < -0.4 is 0 Å². The molecule has 1 aromatic carbocycles. The van der Waals surface area contributed by atoms with E-state index < -0.39 is 0 Å². The second-order valence-electron chi connectivity index (χ2n) is 9.99. The maximum absolute atomic E-state index is 10.9. The minimum atomic E-state index is 0.512. The second kappa shape index (κ2) is 21.0. The van der Waals surface area contributed by atoms with Gasteiger partial charge in [0.15, 0.2) is 0 Å². The first kappa shape index (κ1) is 30.8. The summed E-state index contributed by atoms with van der Waals surface area (Å²) in [5, 5.41) is 12.0. The molecule has 0 aromatic heterocycles. The molecule has 0 bridgehead atoms. The number of unbranched alkanes of at least 4 members (excludes halogenated alkanes) is 14. The zero-order valence-electron chi connectivity index (χ0n) is 22.4. The monoisotopic (exact) mass is 494 g/mol. The molecule has 0 heterocycles. The van der Waals surface area contributed by atoms with E-state index in [1.807, 2.05) is 23.5 Å². The zero-order valence-corrected chi connectivity index (χ0v) is 24.0. The Hall–Kier alpha value is -0.280. The lowest BCUT2D eigenvalue weighted by Crippen LogP contribution is -1.98. The molecule has 0 saturated heterocycles. The average Bonchev–Trinajstić information content (AvgIpc) is 2.80. The van der Waals surface area contributed by atoms with Gasteiger partial charge in [0, 0.05) is 10.5 Å². The highest BCUT2D eigenvalue weighted by Gasteiger charge is 2.14. The predicted molar refractivity (Wildman–Crippen MR) is 153 cm³/mol. The van der Waals surface area contributed by atoms with E-state index in [9.17, 15) is 5.11 Å². The van der Waals surface area contributed by atoms with Gasteiger partial charge in [-0.15, -0.1) is 23.5 Å². The molecule has 192 valence electrons. The van der Waals surface area contributed by atoms with Crippen molar-refractivity contribution in [2.45, 2.75) is 164 Å². The normalized spacial score (nSPS) is 13.3. The highest BCUT2D eigenvalue weighted by Crippen LogP contribution is 2.41. The van der Waals surface area contributed by atoms with E-state index in [1.54, 1.807) is 0 Å². The number of aromatic hydroxyl groups is 1. The van der Waals surface area contributed by atoms with E-state index in [1.165, 1.54) is 116 Å². The van der Waals surface area contributed by atoms with Crippen LogP contribution in [0.1, 0.15) is 143 Å². The molecule has 3 heteroatoms. The molecule has 0 aliphatic heterocycles. The van der Waals surface area contributed by atoms with Gasteiger partial charge in [0.05, 0.1) is 9.79 Å². The quantitative estimate of drug-likeness (QED) is 0.128. The summed E-state index contributed by atoms with van der Waals surface area (Å²) in [6.07, 6.45) is 24.5. The molecular formula is C30H54OS2. The molecule has 33 heavy (non-hydrogen) atoms. The number of hydrogen-bond donors (Lipinski definition) is 1. The van der Waals surface area contributed by atoms with Gasteiger partial charge in [-0.3, -0.25) is 0 Å². The summed E-state index contributed by atoms with van der Waals surface area (Å²) >= 11 is 3.71. The van der Waals surface area contributed by atoms with Gasteiger partial charge < -0.3 is 5.11 Å². The van der Waals surface area contributed by atoms with E-state index in [4.69, 9.17) is 0 Å². The van der Waals surface area contributed by atoms with Crippen LogP contribution in [-0.2, 0) is 0 Å². The van der Waals surface area contributed by atoms with Gasteiger partial charge >= 0.3 is 0 Å². The molecule has 0 radical (unpaired) electrons. The molecular weight excluding hydrogens is 440 g/mol. The van der Waals surface area contributed by atoms with Gasteiger partial charge in [0.2, 0.25) is 0 Å². The lowest BCUT2D eigenvalue weighted by Gasteiger charge is -2.16. The Morgan fingerprint density at radius 1 is 0.576 bits per heavy atom. The molecule has 0 spiro atoms. The highest BCUT2D eigenvalue weighted by atomic mass is 32.2. The third kappa shape index (κ3) is 16.1. The second-order valence-corrected chi connectivity index (χ2v) is 12.9. The number of benzene rings is 1. The fourth-order valence-corrected chi connectivity index (χ4v) is 6.63. The first-order chi connectivity index (χ1) is 16.1. The van der Waals surface area contributed by atoms with E-state index >= 15 is 0 Å². The number of para-hydroxylation sites is 1. The standard InChI is InChI=1S/C30H54OS2/c1-5-7-9-11-13-15-17-19-22-26(3)32-28-24-21-25-29(30(28)31)33-27(4)23-20-18-16-14-12-10-8-6-2/h21,24-27,31H,5-20,22-23H2,1-4H3. The molecule has 1 aromatic rings. The first-order valence-corrected chi connectivity index (χ1v) is 16.0. The van der Waals surface area contributed by atoms with Crippen molar-refractivity contribution in [1.82, 2.24) is 0 Å². The van der Waals surface area contributed by atoms with Crippen molar-refractivity contribution in [3.05, 3.63) is 18.2 Å². The summed E-state index contributed by atoms with van der Waals surface area (Å²) in [4.78, 5) is 2.12. The Labute approximate surface area is 215 Å². The van der Waals surface area contributed by atoms with Gasteiger partial charge in [0.25, 0.3) is 0 Å². The Balaban J connectivity index is 2.24. The summed E-state index contributed by atoms with van der Waals surface area (Å²) in [6, 6.07) is 6.31. The number of thioether (sulfide) groups is 2. The zero-order chi connectivity index (χ0) is 24.2. The van der Waals surface area contributed by atoms with Crippen LogP contribution in [0.2, 0.25) is 0 Å². The van der Waals surface area contributed by atoms with Gasteiger partial charge in [-0.25, -0.2) is 0 Å². The molecule has 0 aliphatic carbocycles.